The number of aryl methyl sites for hydroxylation is 1. The first kappa shape index (κ1) is 13.7. The van der Waals surface area contributed by atoms with E-state index in [1.165, 1.54) is 12.5 Å². The van der Waals surface area contributed by atoms with Gasteiger partial charge in [0, 0.05) is 12.8 Å². The molecular formula is C17H18F2. The van der Waals surface area contributed by atoms with Gasteiger partial charge in [0.2, 0.25) is 0 Å². The smallest absolute Gasteiger partial charge is 0.207 e. The van der Waals surface area contributed by atoms with Crippen LogP contribution in [0, 0.1) is 6.92 Å². The molecule has 0 amide bonds. The van der Waals surface area contributed by atoms with Gasteiger partial charge in [-0.15, -0.1) is 0 Å². The van der Waals surface area contributed by atoms with Crippen molar-refractivity contribution in [3.05, 3.63) is 59.7 Å². The number of halogens is 2. The Kier molecular flexibility index (Phi) is 3.98. The average molecular weight is 260 g/mol. The lowest BCUT2D eigenvalue weighted by atomic mass is 9.99. The minimum atomic E-state index is -2.61. The summed E-state index contributed by atoms with van der Waals surface area (Å²) < 4.78 is 26.6. The van der Waals surface area contributed by atoms with Gasteiger partial charge in [0.1, 0.15) is 0 Å². The molecule has 0 aliphatic carbocycles. The molecule has 0 heterocycles. The fraction of sp³-hybridized carbons (Fsp3) is 0.294. The SMILES string of the molecule is CCC(F)(F)Cc1ccc(-c2cccc(C)c2)cc1. The van der Waals surface area contributed by atoms with Gasteiger partial charge in [-0.1, -0.05) is 61.0 Å². The van der Waals surface area contributed by atoms with Crippen molar-refractivity contribution in [3.63, 3.8) is 0 Å². The molecule has 0 fully saturated rings. The molecule has 0 saturated carbocycles. The molecule has 2 aromatic rings. The largest absolute Gasteiger partial charge is 0.251 e. The first-order valence-electron chi connectivity index (χ1n) is 6.54. The molecule has 0 radical (unpaired) electrons. The van der Waals surface area contributed by atoms with Crippen molar-refractivity contribution in [3.8, 4) is 11.1 Å². The van der Waals surface area contributed by atoms with E-state index in [-0.39, 0.29) is 12.8 Å². The van der Waals surface area contributed by atoms with Crippen molar-refractivity contribution in [2.24, 2.45) is 0 Å². The Morgan fingerprint density at radius 3 is 2.21 bits per heavy atom. The van der Waals surface area contributed by atoms with E-state index in [1.54, 1.807) is 12.1 Å². The second kappa shape index (κ2) is 5.52. The molecule has 2 rings (SSSR count). The standard InChI is InChI=1S/C17H18F2/c1-3-17(18,19)12-14-7-9-15(10-8-14)16-6-4-5-13(2)11-16/h4-11H,3,12H2,1-2H3. The molecule has 0 N–H and O–H groups in total. The summed E-state index contributed by atoms with van der Waals surface area (Å²) in [6.07, 6.45) is -0.301. The number of benzene rings is 2. The summed E-state index contributed by atoms with van der Waals surface area (Å²) in [5.41, 5.74) is 4.06. The maximum absolute atomic E-state index is 13.3. The van der Waals surface area contributed by atoms with E-state index < -0.39 is 5.92 Å². The average Bonchev–Trinajstić information content (AvgIpc) is 2.39. The van der Waals surface area contributed by atoms with Crippen LogP contribution < -0.4 is 0 Å². The van der Waals surface area contributed by atoms with E-state index >= 15 is 0 Å². The summed E-state index contributed by atoms with van der Waals surface area (Å²) in [5, 5.41) is 0. The maximum Gasteiger partial charge on any atom is 0.251 e. The van der Waals surface area contributed by atoms with Gasteiger partial charge in [0.05, 0.1) is 0 Å². The minimum Gasteiger partial charge on any atom is -0.207 e. The van der Waals surface area contributed by atoms with Crippen LogP contribution in [0.3, 0.4) is 0 Å². The van der Waals surface area contributed by atoms with Crippen molar-refractivity contribution in [1.29, 1.82) is 0 Å². The van der Waals surface area contributed by atoms with Crippen LogP contribution in [-0.2, 0) is 6.42 Å². The van der Waals surface area contributed by atoms with Crippen molar-refractivity contribution in [1.82, 2.24) is 0 Å². The quantitative estimate of drug-likeness (QED) is 0.704. The van der Waals surface area contributed by atoms with Gasteiger partial charge in [-0.25, -0.2) is 8.78 Å². The second-order valence-electron chi connectivity index (χ2n) is 4.95. The fourth-order valence-electron chi connectivity index (χ4n) is 2.06. The predicted molar refractivity (Wildman–Crippen MR) is 75.6 cm³/mol. The zero-order valence-electron chi connectivity index (χ0n) is 11.3. The molecular weight excluding hydrogens is 242 g/mol. The van der Waals surface area contributed by atoms with Crippen molar-refractivity contribution in [2.45, 2.75) is 32.6 Å². The van der Waals surface area contributed by atoms with Gasteiger partial charge >= 0.3 is 0 Å². The topological polar surface area (TPSA) is 0 Å². The Bertz CT molecular complexity index is 541. The Morgan fingerprint density at radius 1 is 0.947 bits per heavy atom. The number of hydrogen-bond donors (Lipinski definition) is 0. The highest BCUT2D eigenvalue weighted by Gasteiger charge is 2.26. The summed E-state index contributed by atoms with van der Waals surface area (Å²) in [6.45, 7) is 3.56. The van der Waals surface area contributed by atoms with Gasteiger partial charge < -0.3 is 0 Å². The molecule has 19 heavy (non-hydrogen) atoms. The first-order valence-corrected chi connectivity index (χ1v) is 6.54. The lowest BCUT2D eigenvalue weighted by molar-refractivity contribution is -0.00219. The third-order valence-electron chi connectivity index (χ3n) is 3.29. The zero-order chi connectivity index (χ0) is 13.9. The van der Waals surface area contributed by atoms with Gasteiger partial charge in [0.15, 0.2) is 0 Å². The van der Waals surface area contributed by atoms with Crippen LogP contribution in [0.4, 0.5) is 8.78 Å². The van der Waals surface area contributed by atoms with Crippen LogP contribution in [0.2, 0.25) is 0 Å². The second-order valence-corrected chi connectivity index (χ2v) is 4.95. The third-order valence-corrected chi connectivity index (χ3v) is 3.29. The number of rotatable bonds is 4. The molecule has 0 aliphatic heterocycles. The summed E-state index contributed by atoms with van der Waals surface area (Å²) in [4.78, 5) is 0. The highest BCUT2D eigenvalue weighted by atomic mass is 19.3. The van der Waals surface area contributed by atoms with E-state index in [0.717, 1.165) is 11.1 Å². The van der Waals surface area contributed by atoms with E-state index in [0.29, 0.717) is 5.56 Å². The molecule has 2 heteroatoms. The molecule has 0 aromatic heterocycles. The normalized spacial score (nSPS) is 11.6. The Hall–Kier alpha value is -1.70. The molecule has 0 saturated heterocycles. The van der Waals surface area contributed by atoms with Crippen LogP contribution >= 0.6 is 0 Å². The molecule has 0 spiro atoms. The monoisotopic (exact) mass is 260 g/mol. The Labute approximate surface area is 113 Å². The number of alkyl halides is 2. The van der Waals surface area contributed by atoms with E-state index in [2.05, 4.69) is 6.07 Å². The van der Waals surface area contributed by atoms with Crippen molar-refractivity contribution >= 4 is 0 Å². The first-order chi connectivity index (χ1) is 9.00. The summed E-state index contributed by atoms with van der Waals surface area (Å²) in [6, 6.07) is 15.6. The van der Waals surface area contributed by atoms with Gasteiger partial charge in [-0.2, -0.15) is 0 Å². The van der Waals surface area contributed by atoms with Crippen LogP contribution in [0.15, 0.2) is 48.5 Å². The molecule has 0 bridgehead atoms. The van der Waals surface area contributed by atoms with E-state index in [4.69, 9.17) is 0 Å². The summed E-state index contributed by atoms with van der Waals surface area (Å²) in [5.74, 6) is -2.61. The van der Waals surface area contributed by atoms with Gasteiger partial charge in [-0.05, 0) is 23.6 Å². The molecule has 0 nitrogen and oxygen atoms in total. The van der Waals surface area contributed by atoms with Crippen LogP contribution in [0.5, 0.6) is 0 Å². The zero-order valence-corrected chi connectivity index (χ0v) is 11.3. The van der Waals surface area contributed by atoms with Crippen LogP contribution in [-0.4, -0.2) is 5.92 Å². The molecule has 0 atom stereocenters. The third kappa shape index (κ3) is 3.63. The molecule has 0 unspecified atom stereocenters. The highest BCUT2D eigenvalue weighted by molar-refractivity contribution is 5.64. The lowest BCUT2D eigenvalue weighted by Crippen LogP contribution is -2.17. The van der Waals surface area contributed by atoms with E-state index in [1.807, 2.05) is 37.3 Å². The predicted octanol–water partition coefficient (Wildman–Crippen LogP) is 5.25. The minimum absolute atomic E-state index is 0.118. The molecule has 0 aliphatic rings. The van der Waals surface area contributed by atoms with Crippen molar-refractivity contribution < 1.29 is 8.78 Å². The van der Waals surface area contributed by atoms with Gasteiger partial charge in [0.25, 0.3) is 5.92 Å². The Balaban J connectivity index is 2.19. The lowest BCUT2D eigenvalue weighted by Gasteiger charge is -2.14. The fourth-order valence-corrected chi connectivity index (χ4v) is 2.06. The van der Waals surface area contributed by atoms with Crippen molar-refractivity contribution in [2.75, 3.05) is 0 Å². The maximum atomic E-state index is 13.3. The summed E-state index contributed by atoms with van der Waals surface area (Å²) in [7, 11) is 0. The summed E-state index contributed by atoms with van der Waals surface area (Å²) >= 11 is 0. The van der Waals surface area contributed by atoms with Crippen LogP contribution in [0.25, 0.3) is 11.1 Å². The molecule has 100 valence electrons. The number of hydrogen-bond acceptors (Lipinski definition) is 0. The van der Waals surface area contributed by atoms with E-state index in [9.17, 15) is 8.78 Å². The Morgan fingerprint density at radius 2 is 1.63 bits per heavy atom. The molecule has 2 aromatic carbocycles. The highest BCUT2D eigenvalue weighted by Crippen LogP contribution is 2.26. The van der Waals surface area contributed by atoms with Crippen LogP contribution in [0.1, 0.15) is 24.5 Å². The van der Waals surface area contributed by atoms with Gasteiger partial charge in [-0.3, -0.25) is 0 Å².